The van der Waals surface area contributed by atoms with Crippen LogP contribution >= 0.6 is 24.8 Å². The Morgan fingerprint density at radius 3 is 1.00 bits per heavy atom. The predicted octanol–water partition coefficient (Wildman–Crippen LogP) is 3.82. The largest absolute Gasteiger partial charge is 0.147 e. The van der Waals surface area contributed by atoms with Crippen molar-refractivity contribution >= 4 is 41.9 Å². The molecule has 2 aromatic rings. The smallest absolute Gasteiger partial charge is 0 e. The van der Waals surface area contributed by atoms with Crippen LogP contribution in [-0.4, -0.2) is 17.1 Å². The minimum absolute atomic E-state index is 0. The molecule has 0 N–H and O–H groups in total. The van der Waals surface area contributed by atoms with E-state index >= 15 is 0 Å². The molecule has 0 unspecified atom stereocenters. The van der Waals surface area contributed by atoms with Crippen LogP contribution in [0.1, 0.15) is 0 Å². The van der Waals surface area contributed by atoms with Gasteiger partial charge in [-0.2, -0.15) is 0 Å². The van der Waals surface area contributed by atoms with Crippen LogP contribution in [0.25, 0.3) is 11.1 Å². The average Bonchev–Trinajstić information content (AvgIpc) is 2.21. The molecule has 0 nitrogen and oxygen atoms in total. The van der Waals surface area contributed by atoms with E-state index in [-0.39, 0.29) is 41.9 Å². The van der Waals surface area contributed by atoms with Gasteiger partial charge in [-0.25, -0.2) is 0 Å². The first kappa shape index (κ1) is 17.0. The monoisotopic (exact) mass is 306 g/mol. The Hall–Kier alpha value is -0.461. The molecule has 2 rings (SSSR count). The molecule has 0 aromatic heterocycles. The number of benzene rings is 2. The maximum Gasteiger partial charge on any atom is 0 e. The zero-order valence-electron chi connectivity index (χ0n) is 8.00. The van der Waals surface area contributed by atoms with Gasteiger partial charge in [0.15, 0.2) is 0 Å². The SMILES string of the molecule is Cl.Cl.[Se].c1ccc(-c2ccccc2)cc1. The van der Waals surface area contributed by atoms with Gasteiger partial charge >= 0.3 is 0 Å². The first-order valence-electron chi connectivity index (χ1n) is 4.07. The summed E-state index contributed by atoms with van der Waals surface area (Å²) >= 11 is 0. The number of rotatable bonds is 1. The van der Waals surface area contributed by atoms with Crippen LogP contribution in [0.2, 0.25) is 0 Å². The van der Waals surface area contributed by atoms with Gasteiger partial charge in [0.2, 0.25) is 0 Å². The second-order valence-corrected chi connectivity index (χ2v) is 2.73. The minimum Gasteiger partial charge on any atom is -0.147 e. The van der Waals surface area contributed by atoms with Gasteiger partial charge in [-0.15, -0.1) is 24.8 Å². The van der Waals surface area contributed by atoms with Crippen LogP contribution in [0.15, 0.2) is 60.7 Å². The fraction of sp³-hybridized carbons (Fsp3) is 0. The van der Waals surface area contributed by atoms with E-state index in [1.54, 1.807) is 0 Å². The summed E-state index contributed by atoms with van der Waals surface area (Å²) in [7, 11) is 0. The van der Waals surface area contributed by atoms with Gasteiger partial charge in [0.25, 0.3) is 0 Å². The van der Waals surface area contributed by atoms with E-state index < -0.39 is 0 Å². The summed E-state index contributed by atoms with van der Waals surface area (Å²) in [4.78, 5) is 0. The third kappa shape index (κ3) is 4.72. The van der Waals surface area contributed by atoms with Crippen molar-refractivity contribution in [2.24, 2.45) is 0 Å². The molecule has 0 aliphatic heterocycles. The molecule has 80 valence electrons. The van der Waals surface area contributed by atoms with Gasteiger partial charge in [0.1, 0.15) is 0 Å². The summed E-state index contributed by atoms with van der Waals surface area (Å²) in [6, 6.07) is 20.8. The summed E-state index contributed by atoms with van der Waals surface area (Å²) in [5.74, 6) is 0. The van der Waals surface area contributed by atoms with Gasteiger partial charge in [0, 0.05) is 17.1 Å². The first-order chi connectivity index (χ1) is 5.97. The normalized spacial score (nSPS) is 7.73. The quantitative estimate of drug-likeness (QED) is 0.703. The molecule has 15 heavy (non-hydrogen) atoms. The molecule has 0 amide bonds. The van der Waals surface area contributed by atoms with Crippen molar-refractivity contribution < 1.29 is 0 Å². The Kier molecular flexibility index (Phi) is 9.96. The molecule has 0 atom stereocenters. The minimum atomic E-state index is 0. The van der Waals surface area contributed by atoms with E-state index in [9.17, 15) is 0 Å². The summed E-state index contributed by atoms with van der Waals surface area (Å²) in [5.41, 5.74) is 2.55. The molecule has 2 radical (unpaired) electrons. The fourth-order valence-corrected chi connectivity index (χ4v) is 1.26. The molecular weight excluding hydrogens is 294 g/mol. The van der Waals surface area contributed by atoms with Gasteiger partial charge < -0.3 is 0 Å². The van der Waals surface area contributed by atoms with E-state index in [4.69, 9.17) is 0 Å². The first-order valence-corrected chi connectivity index (χ1v) is 4.07. The molecule has 0 spiro atoms. The Labute approximate surface area is 113 Å². The van der Waals surface area contributed by atoms with Crippen molar-refractivity contribution in [3.05, 3.63) is 60.7 Å². The topological polar surface area (TPSA) is 0 Å². The fourth-order valence-electron chi connectivity index (χ4n) is 1.26. The molecule has 3 heteroatoms. The zero-order chi connectivity index (χ0) is 8.23. The Balaban J connectivity index is 0. The second-order valence-electron chi connectivity index (χ2n) is 2.73. The Bertz CT molecular complexity index is 311. The van der Waals surface area contributed by atoms with Gasteiger partial charge in [-0.05, 0) is 11.1 Å². The molecule has 0 saturated heterocycles. The van der Waals surface area contributed by atoms with Crippen molar-refractivity contribution in [1.29, 1.82) is 0 Å². The number of hydrogen-bond acceptors (Lipinski definition) is 0. The molecule has 0 saturated carbocycles. The molecule has 0 fully saturated rings. The van der Waals surface area contributed by atoms with Gasteiger partial charge in [-0.3, -0.25) is 0 Å². The molecule has 0 aliphatic carbocycles. The molecule has 0 bridgehead atoms. The maximum atomic E-state index is 2.12. The van der Waals surface area contributed by atoms with Crippen LogP contribution in [0.3, 0.4) is 0 Å². The van der Waals surface area contributed by atoms with E-state index in [0.717, 1.165) is 0 Å². The number of hydrogen-bond donors (Lipinski definition) is 0. The summed E-state index contributed by atoms with van der Waals surface area (Å²) < 4.78 is 0. The van der Waals surface area contributed by atoms with Crippen LogP contribution in [-0.2, 0) is 0 Å². The zero-order valence-corrected chi connectivity index (χ0v) is 11.3. The van der Waals surface area contributed by atoms with Gasteiger partial charge in [-0.1, -0.05) is 60.7 Å². The Morgan fingerprint density at radius 1 is 0.467 bits per heavy atom. The van der Waals surface area contributed by atoms with Crippen molar-refractivity contribution in [3.8, 4) is 11.1 Å². The molecular formula is C12H12Cl2Se. The maximum absolute atomic E-state index is 2.12. The predicted molar refractivity (Wildman–Crippen MR) is 72.1 cm³/mol. The molecule has 0 heterocycles. The summed E-state index contributed by atoms with van der Waals surface area (Å²) in [6.07, 6.45) is 0. The third-order valence-electron chi connectivity index (χ3n) is 1.88. The van der Waals surface area contributed by atoms with E-state index in [0.29, 0.717) is 0 Å². The summed E-state index contributed by atoms with van der Waals surface area (Å²) in [5, 5.41) is 0. The Morgan fingerprint density at radius 2 is 0.733 bits per heavy atom. The van der Waals surface area contributed by atoms with E-state index in [1.165, 1.54) is 11.1 Å². The van der Waals surface area contributed by atoms with Crippen molar-refractivity contribution in [2.75, 3.05) is 0 Å². The van der Waals surface area contributed by atoms with E-state index in [1.807, 2.05) is 12.1 Å². The molecule has 2 aromatic carbocycles. The van der Waals surface area contributed by atoms with Crippen molar-refractivity contribution in [3.63, 3.8) is 0 Å². The van der Waals surface area contributed by atoms with Crippen molar-refractivity contribution in [2.45, 2.75) is 0 Å². The van der Waals surface area contributed by atoms with Crippen LogP contribution in [0.4, 0.5) is 0 Å². The second kappa shape index (κ2) is 8.82. The van der Waals surface area contributed by atoms with Crippen LogP contribution < -0.4 is 0 Å². The van der Waals surface area contributed by atoms with Crippen LogP contribution in [0, 0.1) is 0 Å². The van der Waals surface area contributed by atoms with Crippen LogP contribution in [0.5, 0.6) is 0 Å². The standard InChI is InChI=1S/C12H10.2ClH.Se/c1-3-7-11(8-4-1)12-9-5-2-6-10-12;;;/h1-10H;2*1H;. The molecule has 0 aliphatic rings. The average molecular weight is 306 g/mol. The third-order valence-corrected chi connectivity index (χ3v) is 1.88. The van der Waals surface area contributed by atoms with Crippen molar-refractivity contribution in [1.82, 2.24) is 0 Å². The van der Waals surface area contributed by atoms with Gasteiger partial charge in [0.05, 0.1) is 0 Å². The number of halogens is 2. The van der Waals surface area contributed by atoms with E-state index in [2.05, 4.69) is 48.5 Å². The summed E-state index contributed by atoms with van der Waals surface area (Å²) in [6.45, 7) is 0.